The molecule has 9 heteroatoms. The molecular formula is C19H20ClFN2O4S. The minimum absolute atomic E-state index is 0.0621. The Morgan fingerprint density at radius 2 is 1.71 bits per heavy atom. The molecule has 1 fully saturated rings. The molecular weight excluding hydrogens is 407 g/mol. The Kier molecular flexibility index (Phi) is 6.22. The number of hydrazine groups is 1. The van der Waals surface area contributed by atoms with Gasteiger partial charge in [0, 0.05) is 0 Å². The van der Waals surface area contributed by atoms with Gasteiger partial charge >= 0.3 is 0 Å². The van der Waals surface area contributed by atoms with Crippen molar-refractivity contribution in [3.05, 3.63) is 52.8 Å². The van der Waals surface area contributed by atoms with E-state index in [9.17, 15) is 22.7 Å². The molecule has 0 saturated heterocycles. The fourth-order valence-electron chi connectivity index (χ4n) is 3.22. The maximum Gasteiger partial charge on any atom is 0.269 e. The van der Waals surface area contributed by atoms with Crippen LogP contribution in [0.2, 0.25) is 5.02 Å². The molecule has 6 nitrogen and oxygen atoms in total. The molecule has 0 unspecified atom stereocenters. The Hall–Kier alpha value is -2.16. The highest BCUT2D eigenvalue weighted by molar-refractivity contribution is 7.90. The molecule has 1 aliphatic carbocycles. The van der Waals surface area contributed by atoms with E-state index in [4.69, 9.17) is 11.6 Å². The predicted molar refractivity (Wildman–Crippen MR) is 105 cm³/mol. The third-order valence-electron chi connectivity index (χ3n) is 4.77. The van der Waals surface area contributed by atoms with Gasteiger partial charge < -0.3 is 5.11 Å². The summed E-state index contributed by atoms with van der Waals surface area (Å²) < 4.78 is 39.0. The molecule has 28 heavy (non-hydrogen) atoms. The van der Waals surface area contributed by atoms with Gasteiger partial charge in [-0.25, -0.2) is 12.8 Å². The average molecular weight is 427 g/mol. The highest BCUT2D eigenvalue weighted by Crippen LogP contribution is 2.29. The van der Waals surface area contributed by atoms with E-state index in [0.29, 0.717) is 24.0 Å². The van der Waals surface area contributed by atoms with Crippen LogP contribution in [0.4, 0.5) is 4.39 Å². The molecule has 150 valence electrons. The summed E-state index contributed by atoms with van der Waals surface area (Å²) >= 11 is 5.91. The number of amides is 1. The second-order valence-electron chi connectivity index (χ2n) is 6.73. The van der Waals surface area contributed by atoms with Crippen LogP contribution >= 0.6 is 11.6 Å². The van der Waals surface area contributed by atoms with Gasteiger partial charge in [-0.3, -0.25) is 10.2 Å². The van der Waals surface area contributed by atoms with E-state index in [0.717, 1.165) is 19.3 Å². The van der Waals surface area contributed by atoms with Gasteiger partial charge in [0.15, 0.2) is 5.82 Å². The summed E-state index contributed by atoms with van der Waals surface area (Å²) in [6.45, 7) is 0. The summed E-state index contributed by atoms with van der Waals surface area (Å²) in [5.41, 5.74) is 2.75. The number of sulfonamides is 1. The molecule has 0 radical (unpaired) electrons. The number of benzene rings is 2. The predicted octanol–water partition coefficient (Wildman–Crippen LogP) is 3.75. The average Bonchev–Trinajstić information content (AvgIpc) is 2.69. The van der Waals surface area contributed by atoms with Crippen molar-refractivity contribution in [3.8, 4) is 16.9 Å². The molecule has 1 saturated carbocycles. The second-order valence-corrected chi connectivity index (χ2v) is 9.10. The minimum Gasteiger partial charge on any atom is -0.508 e. The van der Waals surface area contributed by atoms with Crippen molar-refractivity contribution in [2.75, 3.05) is 0 Å². The third kappa shape index (κ3) is 4.63. The molecule has 0 heterocycles. The topological polar surface area (TPSA) is 95.5 Å². The summed E-state index contributed by atoms with van der Waals surface area (Å²) in [6.07, 6.45) is 3.69. The van der Waals surface area contributed by atoms with E-state index in [1.54, 1.807) is 12.1 Å². The zero-order valence-electron chi connectivity index (χ0n) is 14.9. The first-order valence-corrected chi connectivity index (χ1v) is 10.8. The minimum atomic E-state index is -3.74. The van der Waals surface area contributed by atoms with Gasteiger partial charge in [-0.15, -0.1) is 4.83 Å². The van der Waals surface area contributed by atoms with Crippen LogP contribution in [0.15, 0.2) is 36.4 Å². The van der Waals surface area contributed by atoms with Gasteiger partial charge in [-0.2, -0.15) is 0 Å². The Balaban J connectivity index is 1.80. The van der Waals surface area contributed by atoms with Crippen molar-refractivity contribution in [1.82, 2.24) is 10.3 Å². The largest absolute Gasteiger partial charge is 0.508 e. The lowest BCUT2D eigenvalue weighted by atomic mass is 10.0. The SMILES string of the molecule is O=C(NNS(=O)(=O)C1CCCCC1)c1cc(-c2ccc(O)cc2)cc(Cl)c1F. The van der Waals surface area contributed by atoms with Crippen LogP contribution in [0.3, 0.4) is 0 Å². The Morgan fingerprint density at radius 3 is 2.36 bits per heavy atom. The number of nitrogens with one attached hydrogen (secondary N) is 2. The van der Waals surface area contributed by atoms with Gasteiger partial charge in [-0.05, 0) is 48.2 Å². The molecule has 0 aliphatic heterocycles. The molecule has 3 rings (SSSR count). The number of hydrogen-bond donors (Lipinski definition) is 3. The zero-order chi connectivity index (χ0) is 20.3. The fraction of sp³-hybridized carbons (Fsp3) is 0.316. The Bertz CT molecular complexity index is 974. The highest BCUT2D eigenvalue weighted by atomic mass is 35.5. The van der Waals surface area contributed by atoms with Crippen LogP contribution < -0.4 is 10.3 Å². The first-order valence-electron chi connectivity index (χ1n) is 8.87. The van der Waals surface area contributed by atoms with Crippen LogP contribution in [0.5, 0.6) is 5.75 Å². The van der Waals surface area contributed by atoms with Crippen molar-refractivity contribution in [1.29, 1.82) is 0 Å². The maximum atomic E-state index is 14.4. The number of aromatic hydroxyl groups is 1. The van der Waals surface area contributed by atoms with E-state index in [2.05, 4.69) is 10.3 Å². The number of phenolic OH excluding ortho intramolecular Hbond substituents is 1. The highest BCUT2D eigenvalue weighted by Gasteiger charge is 2.28. The molecule has 0 spiro atoms. The van der Waals surface area contributed by atoms with Crippen molar-refractivity contribution < 1.29 is 22.7 Å². The van der Waals surface area contributed by atoms with Crippen molar-refractivity contribution in [2.45, 2.75) is 37.4 Å². The normalized spacial score (nSPS) is 15.4. The molecule has 1 amide bonds. The molecule has 0 aromatic heterocycles. The van der Waals surface area contributed by atoms with E-state index in [1.807, 2.05) is 0 Å². The lowest BCUT2D eigenvalue weighted by Gasteiger charge is -2.22. The maximum absolute atomic E-state index is 14.4. The lowest BCUT2D eigenvalue weighted by Crippen LogP contribution is -2.46. The van der Waals surface area contributed by atoms with Crippen LogP contribution in [0.25, 0.3) is 11.1 Å². The summed E-state index contributed by atoms with van der Waals surface area (Å²) in [5, 5.41) is 8.54. The number of phenols is 1. The van der Waals surface area contributed by atoms with E-state index < -0.39 is 27.0 Å². The lowest BCUT2D eigenvalue weighted by molar-refractivity contribution is 0.0941. The van der Waals surface area contributed by atoms with Crippen LogP contribution in [-0.4, -0.2) is 24.7 Å². The Labute approximate surface area is 167 Å². The summed E-state index contributed by atoms with van der Waals surface area (Å²) in [5.74, 6) is -1.83. The van der Waals surface area contributed by atoms with Crippen LogP contribution in [-0.2, 0) is 10.0 Å². The van der Waals surface area contributed by atoms with E-state index in [-0.39, 0.29) is 16.3 Å². The standard InChI is InChI=1S/C19H20ClFN2O4S/c20-17-11-13(12-6-8-14(24)9-7-12)10-16(18(17)21)19(25)22-23-28(26,27)15-4-2-1-3-5-15/h6-11,15,23-24H,1-5H2,(H,22,25). The number of carbonyl (C=O) groups excluding carboxylic acids is 1. The van der Waals surface area contributed by atoms with Gasteiger partial charge in [-0.1, -0.05) is 43.0 Å². The molecule has 2 aromatic carbocycles. The first-order chi connectivity index (χ1) is 13.3. The molecule has 3 N–H and O–H groups in total. The van der Waals surface area contributed by atoms with Gasteiger partial charge in [0.25, 0.3) is 5.91 Å². The zero-order valence-corrected chi connectivity index (χ0v) is 16.5. The summed E-state index contributed by atoms with van der Waals surface area (Å²) in [7, 11) is -3.74. The first kappa shape index (κ1) is 20.6. The summed E-state index contributed by atoms with van der Waals surface area (Å²) in [4.78, 5) is 14.5. The molecule has 0 atom stereocenters. The molecule has 0 bridgehead atoms. The van der Waals surface area contributed by atoms with E-state index >= 15 is 0 Å². The summed E-state index contributed by atoms with van der Waals surface area (Å²) in [6, 6.07) is 8.71. The third-order valence-corrected chi connectivity index (χ3v) is 6.78. The van der Waals surface area contributed by atoms with Gasteiger partial charge in [0.1, 0.15) is 5.75 Å². The number of hydrogen-bond acceptors (Lipinski definition) is 4. The Morgan fingerprint density at radius 1 is 1.07 bits per heavy atom. The second kappa shape index (κ2) is 8.46. The monoisotopic (exact) mass is 426 g/mol. The van der Waals surface area contributed by atoms with Crippen molar-refractivity contribution >= 4 is 27.5 Å². The van der Waals surface area contributed by atoms with Crippen molar-refractivity contribution in [2.24, 2.45) is 0 Å². The fourth-order valence-corrected chi connectivity index (χ4v) is 4.79. The molecule has 2 aromatic rings. The number of rotatable bonds is 5. The number of carbonyl (C=O) groups is 1. The number of halogens is 2. The molecule has 1 aliphatic rings. The van der Waals surface area contributed by atoms with E-state index in [1.165, 1.54) is 24.3 Å². The van der Waals surface area contributed by atoms with Crippen LogP contribution in [0, 0.1) is 5.82 Å². The van der Waals surface area contributed by atoms with Crippen LogP contribution in [0.1, 0.15) is 42.5 Å². The quantitative estimate of drug-likeness (QED) is 0.634. The smallest absolute Gasteiger partial charge is 0.269 e. The van der Waals surface area contributed by atoms with Gasteiger partial charge in [0.05, 0.1) is 15.8 Å². The van der Waals surface area contributed by atoms with Crippen molar-refractivity contribution in [3.63, 3.8) is 0 Å². The van der Waals surface area contributed by atoms with Gasteiger partial charge in [0.2, 0.25) is 10.0 Å².